The van der Waals surface area contributed by atoms with Gasteiger partial charge in [-0.15, -0.1) is 11.3 Å². The highest BCUT2D eigenvalue weighted by Gasteiger charge is 2.24. The van der Waals surface area contributed by atoms with Crippen molar-refractivity contribution in [2.45, 2.75) is 39.0 Å². The van der Waals surface area contributed by atoms with Crippen LogP contribution < -0.4 is 0 Å². The molecule has 0 N–H and O–H groups in total. The zero-order valence-electron chi connectivity index (χ0n) is 10.1. The molecule has 1 aliphatic rings. The van der Waals surface area contributed by atoms with Gasteiger partial charge in [0.25, 0.3) is 5.91 Å². The molecule has 1 aromatic heterocycles. The van der Waals surface area contributed by atoms with Crippen LogP contribution in [0.5, 0.6) is 0 Å². The molecule has 1 aromatic rings. The van der Waals surface area contributed by atoms with Crippen molar-refractivity contribution in [2.24, 2.45) is 0 Å². The lowest BCUT2D eigenvalue weighted by Crippen LogP contribution is -2.28. The van der Waals surface area contributed by atoms with E-state index in [0.717, 1.165) is 30.9 Å². The molecule has 0 spiro atoms. The Morgan fingerprint density at radius 3 is 2.50 bits per heavy atom. The quantitative estimate of drug-likeness (QED) is 0.753. The van der Waals surface area contributed by atoms with Gasteiger partial charge >= 0.3 is 0 Å². The van der Waals surface area contributed by atoms with Gasteiger partial charge in [0.15, 0.2) is 0 Å². The minimum atomic E-state index is 0.0359. The zero-order chi connectivity index (χ0) is 11.8. The SMILES string of the molecule is CC(C)(C)c1nc(C(=O)N2CCCC2)cs1. The van der Waals surface area contributed by atoms with Gasteiger partial charge in [-0.05, 0) is 12.8 Å². The number of rotatable bonds is 1. The summed E-state index contributed by atoms with van der Waals surface area (Å²) in [7, 11) is 0. The van der Waals surface area contributed by atoms with Gasteiger partial charge in [-0.1, -0.05) is 20.8 Å². The molecule has 16 heavy (non-hydrogen) atoms. The summed E-state index contributed by atoms with van der Waals surface area (Å²) in [6, 6.07) is 0. The smallest absolute Gasteiger partial charge is 0.273 e. The van der Waals surface area contributed by atoms with E-state index < -0.39 is 0 Å². The molecule has 2 rings (SSSR count). The Hall–Kier alpha value is -0.900. The Balaban J connectivity index is 2.15. The standard InChI is InChI=1S/C12H18N2OS/c1-12(2,3)11-13-9(8-16-11)10(15)14-6-4-5-7-14/h8H,4-7H2,1-3H3. The lowest BCUT2D eigenvalue weighted by atomic mass is 9.98. The van der Waals surface area contributed by atoms with E-state index in [1.165, 1.54) is 0 Å². The molecule has 1 aliphatic heterocycles. The predicted octanol–water partition coefficient (Wildman–Crippen LogP) is 2.68. The van der Waals surface area contributed by atoms with E-state index in [1.54, 1.807) is 11.3 Å². The van der Waals surface area contributed by atoms with Gasteiger partial charge in [-0.3, -0.25) is 4.79 Å². The molecule has 3 nitrogen and oxygen atoms in total. The van der Waals surface area contributed by atoms with Crippen molar-refractivity contribution in [3.05, 3.63) is 16.1 Å². The number of hydrogen-bond donors (Lipinski definition) is 0. The Morgan fingerprint density at radius 2 is 2.00 bits per heavy atom. The van der Waals surface area contributed by atoms with Crippen LogP contribution in [0.3, 0.4) is 0 Å². The molecule has 1 fully saturated rings. The van der Waals surface area contributed by atoms with Crippen LogP contribution in [0.25, 0.3) is 0 Å². The third kappa shape index (κ3) is 2.26. The molecule has 0 aliphatic carbocycles. The Morgan fingerprint density at radius 1 is 1.38 bits per heavy atom. The van der Waals surface area contributed by atoms with Gasteiger partial charge in [-0.2, -0.15) is 0 Å². The average Bonchev–Trinajstić information content (AvgIpc) is 2.87. The highest BCUT2D eigenvalue weighted by atomic mass is 32.1. The van der Waals surface area contributed by atoms with E-state index >= 15 is 0 Å². The van der Waals surface area contributed by atoms with Crippen LogP contribution in [0, 0.1) is 0 Å². The Bertz CT molecular complexity index is 386. The lowest BCUT2D eigenvalue weighted by molar-refractivity contribution is 0.0787. The summed E-state index contributed by atoms with van der Waals surface area (Å²) in [5.41, 5.74) is 0.658. The maximum atomic E-state index is 12.1. The van der Waals surface area contributed by atoms with Crippen molar-refractivity contribution in [3.8, 4) is 0 Å². The van der Waals surface area contributed by atoms with E-state index in [-0.39, 0.29) is 11.3 Å². The fourth-order valence-electron chi connectivity index (χ4n) is 1.80. The normalized spacial score (nSPS) is 16.8. The highest BCUT2D eigenvalue weighted by Crippen LogP contribution is 2.26. The van der Waals surface area contributed by atoms with Crippen LogP contribution in [-0.2, 0) is 5.41 Å². The van der Waals surface area contributed by atoms with Crippen LogP contribution in [0.2, 0.25) is 0 Å². The molecule has 1 saturated heterocycles. The van der Waals surface area contributed by atoms with Gasteiger partial charge in [0.2, 0.25) is 0 Å². The van der Waals surface area contributed by atoms with E-state index in [1.807, 2.05) is 10.3 Å². The second kappa shape index (κ2) is 4.17. The van der Waals surface area contributed by atoms with Crippen molar-refractivity contribution in [1.29, 1.82) is 0 Å². The second-order valence-corrected chi connectivity index (χ2v) is 6.15. The summed E-state index contributed by atoms with van der Waals surface area (Å²) in [6.45, 7) is 8.14. The van der Waals surface area contributed by atoms with E-state index in [2.05, 4.69) is 25.8 Å². The van der Waals surface area contributed by atoms with Crippen molar-refractivity contribution in [2.75, 3.05) is 13.1 Å². The lowest BCUT2D eigenvalue weighted by Gasteiger charge is -2.15. The molecule has 0 radical (unpaired) electrons. The maximum Gasteiger partial charge on any atom is 0.273 e. The predicted molar refractivity (Wildman–Crippen MR) is 66.0 cm³/mol. The summed E-state index contributed by atoms with van der Waals surface area (Å²) in [6.07, 6.45) is 2.25. The number of carbonyl (C=O) groups excluding carboxylic acids is 1. The zero-order valence-corrected chi connectivity index (χ0v) is 10.9. The molecule has 4 heteroatoms. The summed E-state index contributed by atoms with van der Waals surface area (Å²) < 4.78 is 0. The van der Waals surface area contributed by atoms with Crippen LogP contribution in [0.15, 0.2) is 5.38 Å². The molecule has 0 bridgehead atoms. The van der Waals surface area contributed by atoms with Crippen LogP contribution in [0.4, 0.5) is 0 Å². The third-order valence-corrected chi connectivity index (χ3v) is 4.03. The van der Waals surface area contributed by atoms with Crippen molar-refractivity contribution < 1.29 is 4.79 Å². The summed E-state index contributed by atoms with van der Waals surface area (Å²) in [5.74, 6) is 0.101. The maximum absolute atomic E-state index is 12.1. The van der Waals surface area contributed by atoms with Crippen molar-refractivity contribution in [1.82, 2.24) is 9.88 Å². The number of likely N-dealkylation sites (tertiary alicyclic amines) is 1. The number of thiazole rings is 1. The molecule has 0 aromatic carbocycles. The largest absolute Gasteiger partial charge is 0.337 e. The van der Waals surface area contributed by atoms with Crippen molar-refractivity contribution >= 4 is 17.2 Å². The van der Waals surface area contributed by atoms with Crippen molar-refractivity contribution in [3.63, 3.8) is 0 Å². The summed E-state index contributed by atoms with van der Waals surface area (Å²) in [4.78, 5) is 18.4. The first-order valence-electron chi connectivity index (χ1n) is 5.74. The number of hydrogen-bond acceptors (Lipinski definition) is 3. The topological polar surface area (TPSA) is 33.2 Å². The third-order valence-electron chi connectivity index (χ3n) is 2.76. The van der Waals surface area contributed by atoms with Gasteiger partial charge in [-0.25, -0.2) is 4.98 Å². The number of amides is 1. The highest BCUT2D eigenvalue weighted by molar-refractivity contribution is 7.10. The van der Waals surface area contributed by atoms with Gasteiger partial charge < -0.3 is 4.90 Å². The minimum absolute atomic E-state index is 0.0359. The van der Waals surface area contributed by atoms with E-state index in [9.17, 15) is 4.79 Å². The molecule has 2 heterocycles. The summed E-state index contributed by atoms with van der Waals surface area (Å²) >= 11 is 1.58. The first-order chi connectivity index (χ1) is 7.48. The molecule has 1 amide bonds. The Kier molecular flexibility index (Phi) is 3.02. The van der Waals surface area contributed by atoms with E-state index in [4.69, 9.17) is 0 Å². The second-order valence-electron chi connectivity index (χ2n) is 5.29. The number of nitrogens with zero attached hydrogens (tertiary/aromatic N) is 2. The summed E-state index contributed by atoms with van der Waals surface area (Å²) in [5, 5.41) is 2.93. The molecule has 88 valence electrons. The minimum Gasteiger partial charge on any atom is -0.337 e. The monoisotopic (exact) mass is 238 g/mol. The first-order valence-corrected chi connectivity index (χ1v) is 6.62. The molecule has 0 unspecified atom stereocenters. The molecule has 0 saturated carbocycles. The fraction of sp³-hybridized carbons (Fsp3) is 0.667. The van der Waals surface area contributed by atoms with Crippen LogP contribution >= 0.6 is 11.3 Å². The van der Waals surface area contributed by atoms with Crippen LogP contribution in [-0.4, -0.2) is 28.9 Å². The van der Waals surface area contributed by atoms with Gasteiger partial charge in [0, 0.05) is 23.9 Å². The first kappa shape index (κ1) is 11.6. The fourth-order valence-corrected chi connectivity index (χ4v) is 2.68. The average molecular weight is 238 g/mol. The number of aromatic nitrogens is 1. The van der Waals surface area contributed by atoms with Crippen LogP contribution in [0.1, 0.15) is 49.1 Å². The molecular weight excluding hydrogens is 220 g/mol. The van der Waals surface area contributed by atoms with Gasteiger partial charge in [0.1, 0.15) is 5.69 Å². The van der Waals surface area contributed by atoms with Gasteiger partial charge in [0.05, 0.1) is 5.01 Å². The number of carbonyl (C=O) groups is 1. The Labute approximate surface area is 100 Å². The molecule has 0 atom stereocenters. The molecular formula is C12H18N2OS. The van der Waals surface area contributed by atoms with E-state index in [0.29, 0.717) is 5.69 Å².